The maximum atomic E-state index is 13.4. The molecular weight excluding hydrogens is 193 g/mol. The molecule has 3 heteroatoms. The van der Waals surface area contributed by atoms with E-state index in [9.17, 15) is 4.39 Å². The summed E-state index contributed by atoms with van der Waals surface area (Å²) in [6.45, 7) is 5.68. The van der Waals surface area contributed by atoms with Gasteiger partial charge >= 0.3 is 0 Å². The van der Waals surface area contributed by atoms with Crippen LogP contribution in [-0.4, -0.2) is 10.4 Å². The third-order valence-electron chi connectivity index (χ3n) is 2.69. The number of terminal acetylenes is 1. The van der Waals surface area contributed by atoms with Gasteiger partial charge in [-0.1, -0.05) is 6.42 Å². The molecule has 0 aliphatic rings. The predicted molar refractivity (Wildman–Crippen MR) is 61.9 cm³/mol. The van der Waals surface area contributed by atoms with E-state index in [4.69, 9.17) is 6.42 Å². The highest BCUT2D eigenvalue weighted by Crippen LogP contribution is 2.26. The zero-order valence-electron chi connectivity index (χ0n) is 8.98. The van der Waals surface area contributed by atoms with Crippen molar-refractivity contribution in [2.24, 2.45) is 0 Å². The van der Waals surface area contributed by atoms with Crippen LogP contribution in [-0.2, 0) is 0 Å². The Kier molecular flexibility index (Phi) is 2.97. The molecule has 0 fully saturated rings. The summed E-state index contributed by atoms with van der Waals surface area (Å²) in [6.07, 6.45) is 5.30. The molecule has 1 aromatic carbocycles. The van der Waals surface area contributed by atoms with Crippen molar-refractivity contribution in [3.8, 4) is 12.5 Å². The second kappa shape index (κ2) is 3.85. The average molecular weight is 207 g/mol. The fourth-order valence-electron chi connectivity index (χ4n) is 1.41. The largest absolute Gasteiger partial charge is 0.340 e. The molecule has 14 heavy (non-hydrogen) atoms. The first-order valence-electron chi connectivity index (χ1n) is 4.45. The molecule has 0 unspecified atom stereocenters. The Hall–Kier alpha value is -1.27. The molecule has 1 aromatic rings. The molecule has 74 valence electrons. The zero-order chi connectivity index (χ0) is 10.9. The lowest BCUT2D eigenvalue weighted by Crippen LogP contribution is -2.13. The van der Waals surface area contributed by atoms with E-state index in [-0.39, 0.29) is 5.82 Å². The van der Waals surface area contributed by atoms with Gasteiger partial charge in [-0.15, -0.1) is 0 Å². The summed E-state index contributed by atoms with van der Waals surface area (Å²) >= 11 is 0. The lowest BCUT2D eigenvalue weighted by atomic mass is 10.0. The fraction of sp³-hybridized carbons (Fsp3) is 0.273. The van der Waals surface area contributed by atoms with Crippen LogP contribution >= 0.6 is 0 Å². The topological polar surface area (TPSA) is 3.24 Å². The highest BCUT2D eigenvalue weighted by atomic mass is 28.2. The quantitative estimate of drug-likeness (QED) is 0.382. The van der Waals surface area contributed by atoms with Crippen LogP contribution in [0, 0.1) is 39.1 Å². The Morgan fingerprint density at radius 1 is 1.29 bits per heavy atom. The Bertz CT molecular complexity index is 407. The molecule has 0 radical (unpaired) electrons. The minimum atomic E-state index is -0.181. The van der Waals surface area contributed by atoms with Crippen molar-refractivity contribution in [2.75, 3.05) is 4.57 Å². The molecule has 0 saturated carbocycles. The van der Waals surface area contributed by atoms with Crippen molar-refractivity contribution >= 4 is 16.1 Å². The van der Waals surface area contributed by atoms with E-state index in [1.54, 1.807) is 11.5 Å². The highest BCUT2D eigenvalue weighted by molar-refractivity contribution is 6.20. The molecule has 0 aliphatic heterocycles. The fourth-order valence-corrected chi connectivity index (χ4v) is 1.87. The summed E-state index contributed by atoms with van der Waals surface area (Å²) in [6, 6.07) is 4.04. The summed E-state index contributed by atoms with van der Waals surface area (Å²) in [5, 5.41) is 0. The summed E-state index contributed by atoms with van der Waals surface area (Å²) in [4.78, 5) is 0. The van der Waals surface area contributed by atoms with Crippen molar-refractivity contribution in [3.05, 3.63) is 28.6 Å². The Balaban J connectivity index is 3.42. The van der Waals surface area contributed by atoms with Crippen molar-refractivity contribution in [2.45, 2.75) is 20.8 Å². The van der Waals surface area contributed by atoms with Gasteiger partial charge in [0.15, 0.2) is 0 Å². The normalized spacial score (nSPS) is 9.93. The SMILES string of the molecule is C#CN([SiH3])c1cc(F)c(C)c(C)c1C. The average Bonchev–Trinajstić information content (AvgIpc) is 2.19. The first-order chi connectivity index (χ1) is 6.49. The molecule has 0 aromatic heterocycles. The molecule has 0 atom stereocenters. The molecule has 0 aliphatic carbocycles. The van der Waals surface area contributed by atoms with Gasteiger partial charge < -0.3 is 4.57 Å². The van der Waals surface area contributed by atoms with Crippen LogP contribution in [0.3, 0.4) is 0 Å². The standard InChI is InChI=1S/C11H14FNSi/c1-5-13(14)11-6-10(12)8(3)7(2)9(11)4/h1,6H,2-4,14H3. The monoisotopic (exact) mass is 207 g/mol. The van der Waals surface area contributed by atoms with E-state index >= 15 is 0 Å². The Labute approximate surface area is 87.4 Å². The van der Waals surface area contributed by atoms with Crippen molar-refractivity contribution in [3.63, 3.8) is 0 Å². The van der Waals surface area contributed by atoms with Crippen LogP contribution in [0.4, 0.5) is 10.1 Å². The lowest BCUT2D eigenvalue weighted by molar-refractivity contribution is 0.616. The van der Waals surface area contributed by atoms with E-state index in [0.29, 0.717) is 16.0 Å². The molecule has 0 N–H and O–H groups in total. The van der Waals surface area contributed by atoms with E-state index < -0.39 is 0 Å². The zero-order valence-corrected chi connectivity index (χ0v) is 11.0. The Morgan fingerprint density at radius 3 is 2.36 bits per heavy atom. The first kappa shape index (κ1) is 10.8. The summed E-state index contributed by atoms with van der Waals surface area (Å²) in [5.74, 6) is -0.181. The highest BCUT2D eigenvalue weighted by Gasteiger charge is 2.10. The summed E-state index contributed by atoms with van der Waals surface area (Å²) < 4.78 is 15.2. The van der Waals surface area contributed by atoms with E-state index in [1.165, 1.54) is 6.07 Å². The van der Waals surface area contributed by atoms with E-state index in [2.05, 4.69) is 6.04 Å². The smallest absolute Gasteiger partial charge is 0.128 e. The molecule has 0 heterocycles. The van der Waals surface area contributed by atoms with Gasteiger partial charge in [-0.2, -0.15) is 0 Å². The molecule has 1 rings (SSSR count). The van der Waals surface area contributed by atoms with Crippen LogP contribution in [0.2, 0.25) is 0 Å². The van der Waals surface area contributed by atoms with Gasteiger partial charge in [-0.25, -0.2) is 4.39 Å². The minimum Gasteiger partial charge on any atom is -0.340 e. The first-order valence-corrected chi connectivity index (χ1v) is 5.34. The Morgan fingerprint density at radius 2 is 1.86 bits per heavy atom. The van der Waals surface area contributed by atoms with Gasteiger partial charge in [0.05, 0.1) is 0 Å². The second-order valence-electron chi connectivity index (χ2n) is 3.44. The number of nitrogens with zero attached hydrogens (tertiary/aromatic N) is 1. The third-order valence-corrected chi connectivity index (χ3v) is 3.43. The third kappa shape index (κ3) is 1.66. The number of hydrogen-bond donors (Lipinski definition) is 0. The lowest BCUT2D eigenvalue weighted by Gasteiger charge is -2.18. The van der Waals surface area contributed by atoms with Crippen molar-refractivity contribution in [1.82, 2.24) is 0 Å². The van der Waals surface area contributed by atoms with Gasteiger partial charge in [0.1, 0.15) is 16.2 Å². The second-order valence-corrected chi connectivity index (χ2v) is 4.34. The van der Waals surface area contributed by atoms with Gasteiger partial charge in [0, 0.05) is 5.69 Å². The molecule has 0 saturated heterocycles. The van der Waals surface area contributed by atoms with E-state index in [0.717, 1.165) is 16.8 Å². The van der Waals surface area contributed by atoms with Crippen LogP contribution in [0.1, 0.15) is 16.7 Å². The van der Waals surface area contributed by atoms with Gasteiger partial charge in [-0.05, 0) is 49.6 Å². The van der Waals surface area contributed by atoms with Crippen LogP contribution in [0.25, 0.3) is 0 Å². The van der Waals surface area contributed by atoms with Gasteiger partial charge in [0.2, 0.25) is 0 Å². The number of hydrogen-bond acceptors (Lipinski definition) is 1. The van der Waals surface area contributed by atoms with Crippen LogP contribution in [0.5, 0.6) is 0 Å². The molecule has 0 spiro atoms. The number of benzene rings is 1. The van der Waals surface area contributed by atoms with Gasteiger partial charge in [0.25, 0.3) is 0 Å². The number of rotatable bonds is 1. The number of anilines is 1. The van der Waals surface area contributed by atoms with Gasteiger partial charge in [-0.3, -0.25) is 0 Å². The summed E-state index contributed by atoms with van der Waals surface area (Å²) in [7, 11) is 0.700. The van der Waals surface area contributed by atoms with Crippen molar-refractivity contribution < 1.29 is 4.39 Å². The van der Waals surface area contributed by atoms with Crippen LogP contribution < -0.4 is 4.57 Å². The summed E-state index contributed by atoms with van der Waals surface area (Å²) in [5.41, 5.74) is 3.58. The van der Waals surface area contributed by atoms with E-state index in [1.807, 2.05) is 13.8 Å². The maximum Gasteiger partial charge on any atom is 0.128 e. The number of halogens is 1. The minimum absolute atomic E-state index is 0.181. The molecular formula is C11H14FNSi. The molecule has 0 amide bonds. The predicted octanol–water partition coefficient (Wildman–Crippen LogP) is 1.43. The maximum absolute atomic E-state index is 13.4. The molecule has 0 bridgehead atoms. The van der Waals surface area contributed by atoms with Crippen LogP contribution in [0.15, 0.2) is 6.07 Å². The molecule has 1 nitrogen and oxygen atoms in total. The van der Waals surface area contributed by atoms with Crippen molar-refractivity contribution in [1.29, 1.82) is 0 Å².